The Kier molecular flexibility index (Phi) is 5.52. The predicted octanol–water partition coefficient (Wildman–Crippen LogP) is 2.68. The van der Waals surface area contributed by atoms with Crippen molar-refractivity contribution >= 4 is 12.0 Å². The maximum absolute atomic E-state index is 11.7. The van der Waals surface area contributed by atoms with Crippen molar-refractivity contribution in [2.45, 2.75) is 13.0 Å². The van der Waals surface area contributed by atoms with Gasteiger partial charge in [0, 0.05) is 18.5 Å². The van der Waals surface area contributed by atoms with Gasteiger partial charge in [-0.15, -0.1) is 0 Å². The fraction of sp³-hybridized carbons (Fsp3) is 0.176. The zero-order chi connectivity index (χ0) is 14.9. The number of para-hydroxylation sites is 1. The average molecular weight is 282 g/mol. The molecule has 0 aliphatic carbocycles. The topological polar surface area (TPSA) is 51.2 Å². The second-order valence-corrected chi connectivity index (χ2v) is 4.61. The molecule has 1 unspecified atom stereocenters. The summed E-state index contributed by atoms with van der Waals surface area (Å²) in [5.41, 5.74) is 0.890. The third-order valence-corrected chi connectivity index (χ3v) is 2.76. The molecule has 1 N–H and O–H groups in total. The van der Waals surface area contributed by atoms with Crippen LogP contribution in [0.3, 0.4) is 0 Å². The second kappa shape index (κ2) is 7.85. The first-order chi connectivity index (χ1) is 10.2. The van der Waals surface area contributed by atoms with Gasteiger partial charge in [-0.2, -0.15) is 0 Å². The summed E-state index contributed by atoms with van der Waals surface area (Å²) in [5.74, 6) is 0.646. The van der Waals surface area contributed by atoms with E-state index < -0.39 is 0 Å². The van der Waals surface area contributed by atoms with Crippen molar-refractivity contribution in [2.75, 3.05) is 6.54 Å². The highest BCUT2D eigenvalue weighted by molar-refractivity contribution is 5.91. The number of hydrogen-bond donors (Lipinski definition) is 1. The lowest BCUT2D eigenvalue weighted by Gasteiger charge is -2.14. The molecular weight excluding hydrogens is 264 g/mol. The zero-order valence-electron chi connectivity index (χ0n) is 11.9. The van der Waals surface area contributed by atoms with Crippen LogP contribution in [0.2, 0.25) is 0 Å². The van der Waals surface area contributed by atoms with Crippen molar-refractivity contribution in [3.8, 4) is 5.75 Å². The summed E-state index contributed by atoms with van der Waals surface area (Å²) < 4.78 is 5.68. The molecule has 4 nitrogen and oxygen atoms in total. The Morgan fingerprint density at radius 1 is 1.29 bits per heavy atom. The smallest absolute Gasteiger partial charge is 0.244 e. The maximum Gasteiger partial charge on any atom is 0.244 e. The van der Waals surface area contributed by atoms with Gasteiger partial charge >= 0.3 is 0 Å². The molecule has 0 bridgehead atoms. The average Bonchev–Trinajstić information content (AvgIpc) is 2.53. The summed E-state index contributed by atoms with van der Waals surface area (Å²) in [5, 5.41) is 2.80. The number of carbonyl (C=O) groups excluding carboxylic acids is 1. The number of nitrogens with zero attached hydrogens (tertiary/aromatic N) is 1. The van der Waals surface area contributed by atoms with Crippen molar-refractivity contribution in [3.05, 3.63) is 66.5 Å². The number of hydrogen-bond acceptors (Lipinski definition) is 3. The third kappa shape index (κ3) is 5.48. The van der Waals surface area contributed by atoms with Crippen molar-refractivity contribution in [3.63, 3.8) is 0 Å². The van der Waals surface area contributed by atoms with E-state index >= 15 is 0 Å². The largest absolute Gasteiger partial charge is 0.489 e. The Bertz CT molecular complexity index is 582. The minimum atomic E-state index is -0.151. The molecule has 2 aromatic rings. The number of rotatable bonds is 6. The highest BCUT2D eigenvalue weighted by Crippen LogP contribution is 2.10. The minimum absolute atomic E-state index is 0.0943. The zero-order valence-corrected chi connectivity index (χ0v) is 11.9. The van der Waals surface area contributed by atoms with Gasteiger partial charge in [0.25, 0.3) is 0 Å². The van der Waals surface area contributed by atoms with E-state index in [2.05, 4.69) is 10.3 Å². The van der Waals surface area contributed by atoms with Gasteiger partial charge in [-0.3, -0.25) is 9.78 Å². The van der Waals surface area contributed by atoms with Crippen molar-refractivity contribution < 1.29 is 9.53 Å². The van der Waals surface area contributed by atoms with Crippen LogP contribution in [0.4, 0.5) is 0 Å². The molecule has 108 valence electrons. The summed E-state index contributed by atoms with van der Waals surface area (Å²) in [6, 6.07) is 13.3. The van der Waals surface area contributed by atoms with E-state index in [4.69, 9.17) is 4.74 Å². The summed E-state index contributed by atoms with van der Waals surface area (Å²) in [7, 11) is 0. The van der Waals surface area contributed by atoms with Crippen LogP contribution in [0.5, 0.6) is 5.75 Å². The number of benzene rings is 1. The van der Waals surface area contributed by atoms with Gasteiger partial charge < -0.3 is 10.1 Å². The van der Waals surface area contributed by atoms with E-state index in [0.29, 0.717) is 6.54 Å². The van der Waals surface area contributed by atoms with Gasteiger partial charge in [-0.1, -0.05) is 24.3 Å². The summed E-state index contributed by atoms with van der Waals surface area (Å²) >= 11 is 0. The molecule has 0 radical (unpaired) electrons. The van der Waals surface area contributed by atoms with E-state index in [1.54, 1.807) is 18.5 Å². The van der Waals surface area contributed by atoms with Crippen LogP contribution >= 0.6 is 0 Å². The monoisotopic (exact) mass is 282 g/mol. The van der Waals surface area contributed by atoms with Crippen molar-refractivity contribution in [2.24, 2.45) is 0 Å². The molecule has 1 aromatic heterocycles. The van der Waals surface area contributed by atoms with Crippen LogP contribution in [0.25, 0.3) is 6.08 Å². The summed E-state index contributed by atoms with van der Waals surface area (Å²) in [6.45, 7) is 2.36. The molecule has 1 aromatic carbocycles. The lowest BCUT2D eigenvalue weighted by Crippen LogP contribution is -2.32. The van der Waals surface area contributed by atoms with Crippen LogP contribution in [-0.4, -0.2) is 23.5 Å². The van der Waals surface area contributed by atoms with E-state index in [1.807, 2.05) is 49.4 Å². The molecule has 1 atom stereocenters. The molecule has 21 heavy (non-hydrogen) atoms. The number of amides is 1. The molecule has 4 heteroatoms. The SMILES string of the molecule is CC(CNC(=O)C=Cc1cccnc1)Oc1ccccc1. The number of carbonyl (C=O) groups is 1. The maximum atomic E-state index is 11.7. The van der Waals surface area contributed by atoms with Gasteiger partial charge in [0.15, 0.2) is 0 Å². The van der Waals surface area contributed by atoms with Crippen LogP contribution in [0.15, 0.2) is 60.9 Å². The van der Waals surface area contributed by atoms with Crippen LogP contribution in [-0.2, 0) is 4.79 Å². The highest BCUT2D eigenvalue weighted by Gasteiger charge is 2.04. The number of nitrogens with one attached hydrogen (secondary N) is 1. The first kappa shape index (κ1) is 14.8. The predicted molar refractivity (Wildman–Crippen MR) is 82.8 cm³/mol. The van der Waals surface area contributed by atoms with E-state index in [9.17, 15) is 4.79 Å². The minimum Gasteiger partial charge on any atom is -0.489 e. The molecule has 1 heterocycles. The van der Waals surface area contributed by atoms with E-state index in [1.165, 1.54) is 6.08 Å². The molecule has 1 amide bonds. The van der Waals surface area contributed by atoms with Crippen LogP contribution in [0, 0.1) is 0 Å². The Morgan fingerprint density at radius 2 is 2.10 bits per heavy atom. The fourth-order valence-electron chi connectivity index (χ4n) is 1.72. The normalized spacial score (nSPS) is 12.0. The Morgan fingerprint density at radius 3 is 2.81 bits per heavy atom. The molecular formula is C17H18N2O2. The molecule has 0 fully saturated rings. The molecule has 0 spiro atoms. The number of aromatic nitrogens is 1. The van der Waals surface area contributed by atoms with Gasteiger partial charge in [-0.05, 0) is 36.8 Å². The third-order valence-electron chi connectivity index (χ3n) is 2.76. The number of pyridine rings is 1. The van der Waals surface area contributed by atoms with Gasteiger partial charge in [-0.25, -0.2) is 0 Å². The van der Waals surface area contributed by atoms with E-state index in [-0.39, 0.29) is 12.0 Å². The Labute approximate surface area is 124 Å². The summed E-state index contributed by atoms with van der Waals surface area (Å²) in [4.78, 5) is 15.7. The molecule has 2 rings (SSSR count). The van der Waals surface area contributed by atoms with Crippen LogP contribution < -0.4 is 10.1 Å². The van der Waals surface area contributed by atoms with Crippen molar-refractivity contribution in [1.29, 1.82) is 0 Å². The quantitative estimate of drug-likeness (QED) is 0.829. The van der Waals surface area contributed by atoms with Crippen LogP contribution in [0.1, 0.15) is 12.5 Å². The molecule has 0 aliphatic rings. The lowest BCUT2D eigenvalue weighted by molar-refractivity contribution is -0.116. The first-order valence-corrected chi connectivity index (χ1v) is 6.81. The fourth-order valence-corrected chi connectivity index (χ4v) is 1.72. The Balaban J connectivity index is 1.75. The first-order valence-electron chi connectivity index (χ1n) is 6.81. The van der Waals surface area contributed by atoms with Gasteiger partial charge in [0.05, 0.1) is 6.54 Å². The lowest BCUT2D eigenvalue weighted by atomic mass is 10.2. The highest BCUT2D eigenvalue weighted by atomic mass is 16.5. The molecule has 0 aliphatic heterocycles. The van der Waals surface area contributed by atoms with E-state index in [0.717, 1.165) is 11.3 Å². The number of ether oxygens (including phenoxy) is 1. The second-order valence-electron chi connectivity index (χ2n) is 4.61. The van der Waals surface area contributed by atoms with Gasteiger partial charge in [0.1, 0.15) is 11.9 Å². The molecule has 0 saturated heterocycles. The van der Waals surface area contributed by atoms with Gasteiger partial charge in [0.2, 0.25) is 5.91 Å². The Hall–Kier alpha value is -2.62. The van der Waals surface area contributed by atoms with Crippen molar-refractivity contribution in [1.82, 2.24) is 10.3 Å². The standard InChI is InChI=1S/C17H18N2O2/c1-14(21-16-7-3-2-4-8-16)12-19-17(20)10-9-15-6-5-11-18-13-15/h2-11,13-14H,12H2,1H3,(H,19,20). The molecule has 0 saturated carbocycles. The summed E-state index contributed by atoms with van der Waals surface area (Å²) in [6.07, 6.45) is 6.52.